The average Bonchev–Trinajstić information content (AvgIpc) is 2.33. The third-order valence-corrected chi connectivity index (χ3v) is 4.37. The molecule has 0 saturated heterocycles. The average molecular weight is 413 g/mol. The zero-order valence-electron chi connectivity index (χ0n) is 8.83. The van der Waals surface area contributed by atoms with Gasteiger partial charge in [0.2, 0.25) is 0 Å². The van der Waals surface area contributed by atoms with Crippen LogP contribution in [0, 0.1) is 0 Å². The smallest absolute Gasteiger partial charge is 0.269 e. The van der Waals surface area contributed by atoms with Crippen molar-refractivity contribution in [1.29, 1.82) is 0 Å². The molecule has 0 N–H and O–H groups in total. The molecule has 2 rings (SSSR count). The summed E-state index contributed by atoms with van der Waals surface area (Å²) in [6.45, 7) is 0.341. The number of hydrogen-bond donors (Lipinski definition) is 0. The van der Waals surface area contributed by atoms with Gasteiger partial charge in [-0.15, -0.1) is 0 Å². The van der Waals surface area contributed by atoms with Crippen molar-refractivity contribution >= 4 is 55.1 Å². The Balaban J connectivity index is 2.41. The van der Waals surface area contributed by atoms with Crippen molar-refractivity contribution in [3.05, 3.63) is 59.6 Å². The molecular formula is C11H6Br2Cl2N2O. The first kappa shape index (κ1) is 14.1. The highest BCUT2D eigenvalue weighted by Gasteiger charge is 2.09. The Kier molecular flexibility index (Phi) is 4.48. The Morgan fingerprint density at radius 1 is 1.28 bits per heavy atom. The summed E-state index contributed by atoms with van der Waals surface area (Å²) in [6.07, 6.45) is 1.40. The molecule has 2 aromatic rings. The molecule has 1 heterocycles. The zero-order chi connectivity index (χ0) is 13.3. The number of halogens is 4. The summed E-state index contributed by atoms with van der Waals surface area (Å²) >= 11 is 18.3. The minimum absolute atomic E-state index is 0.151. The van der Waals surface area contributed by atoms with E-state index in [4.69, 9.17) is 23.2 Å². The molecule has 0 bridgehead atoms. The maximum Gasteiger partial charge on any atom is 0.269 e. The van der Waals surface area contributed by atoms with Gasteiger partial charge in [-0.25, -0.2) is 4.98 Å². The van der Waals surface area contributed by atoms with Gasteiger partial charge in [0.25, 0.3) is 5.56 Å². The topological polar surface area (TPSA) is 34.9 Å². The van der Waals surface area contributed by atoms with E-state index in [1.165, 1.54) is 10.9 Å². The van der Waals surface area contributed by atoms with Crippen LogP contribution in [0.3, 0.4) is 0 Å². The summed E-state index contributed by atoms with van der Waals surface area (Å²) in [7, 11) is 0. The van der Waals surface area contributed by atoms with E-state index in [2.05, 4.69) is 36.8 Å². The molecule has 94 valence electrons. The molecule has 0 atom stereocenters. The lowest BCUT2D eigenvalue weighted by Crippen LogP contribution is -2.22. The Morgan fingerprint density at radius 3 is 2.67 bits per heavy atom. The molecule has 1 aromatic carbocycles. The van der Waals surface area contributed by atoms with Gasteiger partial charge in [-0.1, -0.05) is 45.2 Å². The lowest BCUT2D eigenvalue weighted by molar-refractivity contribution is 0.731. The number of nitrogens with zero attached hydrogens (tertiary/aromatic N) is 2. The fourth-order valence-corrected chi connectivity index (χ4v) is 2.58. The van der Waals surface area contributed by atoms with Crippen LogP contribution in [0.25, 0.3) is 0 Å². The van der Waals surface area contributed by atoms with Gasteiger partial charge in [0.1, 0.15) is 4.47 Å². The summed E-state index contributed by atoms with van der Waals surface area (Å²) in [6, 6.07) is 5.49. The van der Waals surface area contributed by atoms with Gasteiger partial charge in [0.05, 0.1) is 12.9 Å². The van der Waals surface area contributed by atoms with Gasteiger partial charge in [-0.05, 0) is 33.6 Å². The minimum atomic E-state index is -0.242. The second-order valence-corrected chi connectivity index (χ2v) is 5.99. The van der Waals surface area contributed by atoms with E-state index in [9.17, 15) is 4.79 Å². The van der Waals surface area contributed by atoms with E-state index in [0.717, 1.165) is 10.0 Å². The highest BCUT2D eigenvalue weighted by molar-refractivity contribution is 9.10. The number of rotatable bonds is 2. The standard InChI is InChI=1S/C11H6Br2Cl2N2O/c12-7-2-1-6(8(14)3-7)4-17-5-16-10(15)9(13)11(17)18/h1-3,5H,4H2. The van der Waals surface area contributed by atoms with E-state index in [-0.39, 0.29) is 15.2 Å². The normalized spacial score (nSPS) is 10.7. The third-order valence-electron chi connectivity index (χ3n) is 2.30. The van der Waals surface area contributed by atoms with Gasteiger partial charge in [0.15, 0.2) is 5.15 Å². The maximum absolute atomic E-state index is 11.9. The van der Waals surface area contributed by atoms with Crippen LogP contribution in [0.4, 0.5) is 0 Å². The molecule has 0 fully saturated rings. The van der Waals surface area contributed by atoms with Gasteiger partial charge in [-0.3, -0.25) is 9.36 Å². The van der Waals surface area contributed by atoms with Crippen LogP contribution >= 0.6 is 55.1 Å². The zero-order valence-corrected chi connectivity index (χ0v) is 13.5. The van der Waals surface area contributed by atoms with Gasteiger partial charge >= 0.3 is 0 Å². The SMILES string of the molecule is O=c1c(Br)c(Cl)ncn1Cc1ccc(Br)cc1Cl. The van der Waals surface area contributed by atoms with E-state index in [1.807, 2.05) is 12.1 Å². The molecule has 0 aliphatic carbocycles. The predicted molar refractivity (Wildman–Crippen MR) is 79.5 cm³/mol. The number of benzene rings is 1. The van der Waals surface area contributed by atoms with Crippen LogP contribution in [-0.2, 0) is 6.54 Å². The molecule has 1 aromatic heterocycles. The monoisotopic (exact) mass is 410 g/mol. The van der Waals surface area contributed by atoms with Crippen molar-refractivity contribution in [2.24, 2.45) is 0 Å². The van der Waals surface area contributed by atoms with Crippen molar-refractivity contribution in [3.63, 3.8) is 0 Å². The predicted octanol–water partition coefficient (Wildman–Crippen LogP) is 4.12. The first-order chi connectivity index (χ1) is 8.49. The molecule has 0 spiro atoms. The van der Waals surface area contributed by atoms with Crippen LogP contribution < -0.4 is 5.56 Å². The second-order valence-electron chi connectivity index (χ2n) is 3.52. The minimum Gasteiger partial charge on any atom is -0.294 e. The molecule has 7 heteroatoms. The van der Waals surface area contributed by atoms with E-state index in [0.29, 0.717) is 11.6 Å². The molecule has 18 heavy (non-hydrogen) atoms. The van der Waals surface area contributed by atoms with Crippen molar-refractivity contribution in [3.8, 4) is 0 Å². The first-order valence-corrected chi connectivity index (χ1v) is 7.17. The fourth-order valence-electron chi connectivity index (χ4n) is 1.39. The van der Waals surface area contributed by atoms with Crippen LogP contribution in [0.2, 0.25) is 10.2 Å². The maximum atomic E-state index is 11.9. The number of hydrogen-bond acceptors (Lipinski definition) is 2. The summed E-state index contributed by atoms with van der Waals surface area (Å²) in [5, 5.41) is 0.737. The Morgan fingerprint density at radius 2 is 2.00 bits per heavy atom. The summed E-state index contributed by atoms with van der Waals surface area (Å²) in [5.74, 6) is 0. The van der Waals surface area contributed by atoms with Crippen molar-refractivity contribution in [1.82, 2.24) is 9.55 Å². The lowest BCUT2D eigenvalue weighted by Gasteiger charge is -2.08. The van der Waals surface area contributed by atoms with Crippen molar-refractivity contribution in [2.75, 3.05) is 0 Å². The van der Waals surface area contributed by atoms with Crippen LogP contribution in [-0.4, -0.2) is 9.55 Å². The molecule has 0 saturated carbocycles. The molecule has 0 aliphatic heterocycles. The summed E-state index contributed by atoms with van der Waals surface area (Å²) in [4.78, 5) is 15.8. The van der Waals surface area contributed by atoms with Crippen LogP contribution in [0.15, 0.2) is 38.3 Å². The van der Waals surface area contributed by atoms with E-state index >= 15 is 0 Å². The lowest BCUT2D eigenvalue weighted by atomic mass is 10.2. The first-order valence-electron chi connectivity index (χ1n) is 4.83. The van der Waals surface area contributed by atoms with Crippen LogP contribution in [0.5, 0.6) is 0 Å². The molecule has 0 radical (unpaired) electrons. The van der Waals surface area contributed by atoms with E-state index in [1.54, 1.807) is 6.07 Å². The van der Waals surface area contributed by atoms with Crippen molar-refractivity contribution < 1.29 is 0 Å². The van der Waals surface area contributed by atoms with Crippen molar-refractivity contribution in [2.45, 2.75) is 6.54 Å². The molecule has 3 nitrogen and oxygen atoms in total. The molecular weight excluding hydrogens is 407 g/mol. The molecule has 0 aliphatic rings. The van der Waals surface area contributed by atoms with Gasteiger partial charge in [0, 0.05) is 9.50 Å². The van der Waals surface area contributed by atoms with Gasteiger partial charge in [-0.2, -0.15) is 0 Å². The largest absolute Gasteiger partial charge is 0.294 e. The number of aromatic nitrogens is 2. The Hall–Kier alpha value is -0.360. The molecule has 0 unspecified atom stereocenters. The third kappa shape index (κ3) is 2.96. The summed E-state index contributed by atoms with van der Waals surface area (Å²) in [5.41, 5.74) is 0.590. The van der Waals surface area contributed by atoms with Gasteiger partial charge < -0.3 is 0 Å². The van der Waals surface area contributed by atoms with Crippen LogP contribution in [0.1, 0.15) is 5.56 Å². The molecule has 0 amide bonds. The highest BCUT2D eigenvalue weighted by atomic mass is 79.9. The Labute approximate surface area is 130 Å². The quantitative estimate of drug-likeness (QED) is 0.695. The Bertz CT molecular complexity index is 658. The van der Waals surface area contributed by atoms with E-state index < -0.39 is 0 Å². The second kappa shape index (κ2) is 5.74. The summed E-state index contributed by atoms with van der Waals surface area (Å²) < 4.78 is 2.57. The highest BCUT2D eigenvalue weighted by Crippen LogP contribution is 2.22. The fraction of sp³-hybridized carbons (Fsp3) is 0.0909.